The SMILES string of the molecule is N#CCCCCC(N(F)F)(N(F)F)N(F)F. The van der Waals surface area contributed by atoms with E-state index >= 15 is 0 Å². The lowest BCUT2D eigenvalue weighted by atomic mass is 10.1. The van der Waals surface area contributed by atoms with Gasteiger partial charge in [-0.2, -0.15) is 5.26 Å². The number of hydrogen-bond acceptors (Lipinski definition) is 4. The fraction of sp³-hybridized carbons (Fsp3) is 0.833. The zero-order valence-electron chi connectivity index (χ0n) is 7.89. The average Bonchev–Trinajstić information content (AvgIpc) is 2.16. The highest BCUT2D eigenvalue weighted by molar-refractivity contribution is 4.73. The van der Waals surface area contributed by atoms with Gasteiger partial charge in [-0.15, -0.1) is 0 Å². The molecule has 0 aromatic heterocycles. The van der Waals surface area contributed by atoms with E-state index in [1.807, 2.05) is 0 Å². The summed E-state index contributed by atoms with van der Waals surface area (Å²) in [6.45, 7) is 0. The van der Waals surface area contributed by atoms with Crippen molar-refractivity contribution >= 4 is 0 Å². The third kappa shape index (κ3) is 3.22. The number of halogens is 6. The lowest BCUT2D eigenvalue weighted by molar-refractivity contribution is -0.479. The van der Waals surface area contributed by atoms with E-state index in [0.29, 0.717) is 0 Å². The largest absolute Gasteiger partial charge is 0.305 e. The van der Waals surface area contributed by atoms with Gasteiger partial charge < -0.3 is 0 Å². The van der Waals surface area contributed by atoms with E-state index in [0.717, 1.165) is 0 Å². The van der Waals surface area contributed by atoms with Gasteiger partial charge in [0.2, 0.25) is 0 Å². The second kappa shape index (κ2) is 6.51. The minimum Gasteiger partial charge on any atom is -0.198 e. The Morgan fingerprint density at radius 2 is 1.31 bits per heavy atom. The molecule has 0 N–H and O–H groups in total. The van der Waals surface area contributed by atoms with Crippen LogP contribution in [0.25, 0.3) is 0 Å². The van der Waals surface area contributed by atoms with Crippen molar-refractivity contribution in [2.75, 3.05) is 0 Å². The first-order valence-corrected chi connectivity index (χ1v) is 4.12. The van der Waals surface area contributed by atoms with Gasteiger partial charge >= 0.3 is 5.79 Å². The summed E-state index contributed by atoms with van der Waals surface area (Å²) in [4.78, 5) is 0. The lowest BCUT2D eigenvalue weighted by Crippen LogP contribution is -2.56. The Morgan fingerprint density at radius 3 is 1.62 bits per heavy atom. The second-order valence-corrected chi connectivity index (χ2v) is 2.84. The summed E-state index contributed by atoms with van der Waals surface area (Å²) in [6, 6.07) is 1.64. The zero-order valence-corrected chi connectivity index (χ0v) is 7.89. The fourth-order valence-electron chi connectivity index (χ4n) is 0.991. The van der Waals surface area contributed by atoms with Gasteiger partial charge in [0.1, 0.15) is 0 Å². The predicted octanol–water partition coefficient (Wildman–Crippen LogP) is 2.94. The van der Waals surface area contributed by atoms with Crippen molar-refractivity contribution in [1.29, 1.82) is 5.26 Å². The quantitative estimate of drug-likeness (QED) is 0.301. The topological polar surface area (TPSA) is 33.5 Å². The van der Waals surface area contributed by atoms with Gasteiger partial charge in [0.05, 0.1) is 22.1 Å². The van der Waals surface area contributed by atoms with Crippen LogP contribution in [0.1, 0.15) is 25.7 Å². The molecule has 0 heterocycles. The molecule has 94 valence electrons. The molecule has 0 bridgehead atoms. The first-order valence-electron chi connectivity index (χ1n) is 4.12. The highest BCUT2D eigenvalue weighted by Gasteiger charge is 2.55. The molecule has 0 aromatic rings. The summed E-state index contributed by atoms with van der Waals surface area (Å²) in [7, 11) is 0. The molecule has 0 saturated carbocycles. The Balaban J connectivity index is 4.59. The molecule has 0 aliphatic heterocycles. The third-order valence-electron chi connectivity index (χ3n) is 1.86. The normalized spacial score (nSPS) is 12.5. The lowest BCUT2D eigenvalue weighted by Gasteiger charge is -2.31. The standard InChI is InChI=1S/C6H8F6N4/c7-14(8)6(15(9)10,16(11)12)4-2-1-3-5-13/h1-4H2. The van der Waals surface area contributed by atoms with Crippen molar-refractivity contribution in [2.24, 2.45) is 0 Å². The van der Waals surface area contributed by atoms with Crippen molar-refractivity contribution < 1.29 is 26.9 Å². The molecule has 10 heteroatoms. The Bertz CT molecular complexity index is 218. The molecule has 0 amide bonds. The van der Waals surface area contributed by atoms with Crippen LogP contribution in [0.3, 0.4) is 0 Å². The van der Waals surface area contributed by atoms with Crippen molar-refractivity contribution in [3.8, 4) is 6.07 Å². The number of unbranched alkanes of at least 4 members (excludes halogenated alkanes) is 2. The Morgan fingerprint density at radius 1 is 0.875 bits per heavy atom. The van der Waals surface area contributed by atoms with Crippen LogP contribution in [0, 0.1) is 11.3 Å². The van der Waals surface area contributed by atoms with Gasteiger partial charge in [0.25, 0.3) is 0 Å². The highest BCUT2D eigenvalue weighted by atomic mass is 19.4. The van der Waals surface area contributed by atoms with Gasteiger partial charge in [0.15, 0.2) is 0 Å². The molecule has 0 atom stereocenters. The van der Waals surface area contributed by atoms with Crippen molar-refractivity contribution in [2.45, 2.75) is 31.5 Å². The minimum atomic E-state index is -4.06. The predicted molar refractivity (Wildman–Crippen MR) is 39.0 cm³/mol. The summed E-state index contributed by atoms with van der Waals surface area (Å²) in [5.41, 5.74) is 0. The maximum Gasteiger partial charge on any atom is 0.305 e. The molecule has 4 nitrogen and oxygen atoms in total. The zero-order chi connectivity index (χ0) is 12.8. The van der Waals surface area contributed by atoms with Crippen LogP contribution in [0.15, 0.2) is 0 Å². The summed E-state index contributed by atoms with van der Waals surface area (Å²) in [5, 5.41) is 1.30. The van der Waals surface area contributed by atoms with Crippen LogP contribution >= 0.6 is 0 Å². The molecule has 0 aliphatic carbocycles. The Kier molecular flexibility index (Phi) is 6.09. The number of hydrogen-bond donors (Lipinski definition) is 0. The molecule has 0 aromatic carbocycles. The van der Waals surface area contributed by atoms with E-state index in [-0.39, 0.29) is 19.3 Å². The van der Waals surface area contributed by atoms with Gasteiger partial charge in [0, 0.05) is 12.8 Å². The second-order valence-electron chi connectivity index (χ2n) is 2.84. The maximum atomic E-state index is 12.1. The summed E-state index contributed by atoms with van der Waals surface area (Å²) in [6.07, 6.45) is -1.67. The number of nitrogens with zero attached hydrogens (tertiary/aromatic N) is 4. The average molecular weight is 250 g/mol. The molecule has 16 heavy (non-hydrogen) atoms. The van der Waals surface area contributed by atoms with E-state index in [1.165, 1.54) is 0 Å². The van der Waals surface area contributed by atoms with Crippen molar-refractivity contribution in [1.82, 2.24) is 16.0 Å². The molecule has 0 spiro atoms. The maximum absolute atomic E-state index is 12.1. The van der Waals surface area contributed by atoms with Crippen LogP contribution in [0.2, 0.25) is 0 Å². The van der Waals surface area contributed by atoms with Crippen molar-refractivity contribution in [3.63, 3.8) is 0 Å². The van der Waals surface area contributed by atoms with Crippen LogP contribution in [0.5, 0.6) is 0 Å². The minimum absolute atomic E-state index is 0.0201. The Labute approximate surface area is 86.8 Å². The smallest absolute Gasteiger partial charge is 0.198 e. The molecule has 0 saturated heterocycles. The van der Waals surface area contributed by atoms with Gasteiger partial charge in [-0.1, -0.05) is 26.9 Å². The van der Waals surface area contributed by atoms with Gasteiger partial charge in [-0.3, -0.25) is 0 Å². The molecular formula is C6H8F6N4. The first kappa shape index (κ1) is 14.9. The van der Waals surface area contributed by atoms with E-state index in [1.54, 1.807) is 6.07 Å². The van der Waals surface area contributed by atoms with Crippen molar-refractivity contribution in [3.05, 3.63) is 0 Å². The first-order chi connectivity index (χ1) is 7.39. The number of nitriles is 1. The Hall–Kier alpha value is -1.05. The van der Waals surface area contributed by atoms with Gasteiger partial charge in [-0.25, -0.2) is 0 Å². The number of rotatable bonds is 7. The van der Waals surface area contributed by atoms with Crippen LogP contribution < -0.4 is 0 Å². The monoisotopic (exact) mass is 250 g/mol. The molecule has 0 rings (SSSR count). The molecule has 0 unspecified atom stereocenters. The van der Waals surface area contributed by atoms with E-state index in [9.17, 15) is 26.9 Å². The van der Waals surface area contributed by atoms with E-state index in [4.69, 9.17) is 5.26 Å². The van der Waals surface area contributed by atoms with Crippen LogP contribution in [-0.4, -0.2) is 21.8 Å². The summed E-state index contributed by atoms with van der Waals surface area (Å²) < 4.78 is 72.5. The van der Waals surface area contributed by atoms with E-state index < -0.39 is 28.2 Å². The molecule has 0 aliphatic rings. The van der Waals surface area contributed by atoms with Crippen LogP contribution in [0.4, 0.5) is 26.9 Å². The summed E-state index contributed by atoms with van der Waals surface area (Å²) >= 11 is 0. The van der Waals surface area contributed by atoms with Crippen LogP contribution in [-0.2, 0) is 0 Å². The highest BCUT2D eigenvalue weighted by Crippen LogP contribution is 2.33. The third-order valence-corrected chi connectivity index (χ3v) is 1.86. The fourth-order valence-corrected chi connectivity index (χ4v) is 0.991. The molecule has 0 radical (unpaired) electrons. The molecule has 0 fully saturated rings. The van der Waals surface area contributed by atoms with E-state index in [2.05, 4.69) is 0 Å². The molecular weight excluding hydrogens is 242 g/mol. The summed E-state index contributed by atoms with van der Waals surface area (Å²) in [5.74, 6) is -4.06. The van der Waals surface area contributed by atoms with Gasteiger partial charge in [-0.05, 0) is 12.8 Å².